The molecule has 3 rings (SSSR count). The summed E-state index contributed by atoms with van der Waals surface area (Å²) in [7, 11) is 2.04. The van der Waals surface area contributed by atoms with Crippen LogP contribution in [0.25, 0.3) is 0 Å². The minimum atomic E-state index is 0.0674. The summed E-state index contributed by atoms with van der Waals surface area (Å²) in [6, 6.07) is 0. The van der Waals surface area contributed by atoms with Gasteiger partial charge in [0.2, 0.25) is 0 Å². The van der Waals surface area contributed by atoms with Crippen LogP contribution in [0.3, 0.4) is 0 Å². The molecule has 1 aliphatic heterocycles. The number of ether oxygens (including phenoxy) is 1. The fraction of sp³-hybridized carbons (Fsp3) is 0.944. The highest BCUT2D eigenvalue weighted by Crippen LogP contribution is 2.43. The second-order valence-corrected chi connectivity index (χ2v) is 7.66. The number of Topliss-reactive ketones (excluding diaryl/α,β-unsaturated/α-hetero) is 1. The SMILES string of the molecule is CNC1(CC(=O)C2CCOC3(CCCC3)C2)CCCCC1. The molecular weight excluding hydrogens is 262 g/mol. The van der Waals surface area contributed by atoms with Gasteiger partial charge in [-0.1, -0.05) is 32.1 Å². The minimum Gasteiger partial charge on any atom is -0.375 e. The first-order valence-corrected chi connectivity index (χ1v) is 9.03. The van der Waals surface area contributed by atoms with Gasteiger partial charge in [-0.05, 0) is 45.6 Å². The summed E-state index contributed by atoms with van der Waals surface area (Å²) >= 11 is 0. The molecule has 21 heavy (non-hydrogen) atoms. The maximum absolute atomic E-state index is 12.9. The maximum atomic E-state index is 12.9. The van der Waals surface area contributed by atoms with E-state index in [2.05, 4.69) is 5.32 Å². The van der Waals surface area contributed by atoms with E-state index < -0.39 is 0 Å². The summed E-state index contributed by atoms with van der Waals surface area (Å²) in [5.74, 6) is 0.754. The van der Waals surface area contributed by atoms with Crippen molar-refractivity contribution in [2.24, 2.45) is 5.92 Å². The van der Waals surface area contributed by atoms with Gasteiger partial charge in [0.15, 0.2) is 0 Å². The van der Waals surface area contributed by atoms with E-state index in [-0.39, 0.29) is 17.1 Å². The second kappa shape index (κ2) is 6.37. The van der Waals surface area contributed by atoms with Crippen molar-refractivity contribution in [3.05, 3.63) is 0 Å². The molecule has 3 fully saturated rings. The molecule has 3 aliphatic rings. The second-order valence-electron chi connectivity index (χ2n) is 7.66. The molecule has 0 bridgehead atoms. The van der Waals surface area contributed by atoms with Gasteiger partial charge in [-0.3, -0.25) is 4.79 Å². The average molecular weight is 293 g/mol. The molecule has 0 aromatic heterocycles. The van der Waals surface area contributed by atoms with Gasteiger partial charge in [0.1, 0.15) is 5.78 Å². The average Bonchev–Trinajstić information content (AvgIpc) is 2.96. The van der Waals surface area contributed by atoms with Crippen LogP contribution >= 0.6 is 0 Å². The summed E-state index contributed by atoms with van der Waals surface area (Å²) in [4.78, 5) is 12.9. The topological polar surface area (TPSA) is 38.3 Å². The van der Waals surface area contributed by atoms with E-state index in [0.717, 1.165) is 25.9 Å². The van der Waals surface area contributed by atoms with Crippen LogP contribution in [0.1, 0.15) is 77.0 Å². The number of hydrogen-bond acceptors (Lipinski definition) is 3. The zero-order valence-corrected chi connectivity index (χ0v) is 13.6. The van der Waals surface area contributed by atoms with Crippen LogP contribution in [0, 0.1) is 5.92 Å². The number of hydrogen-bond donors (Lipinski definition) is 1. The standard InChI is InChI=1S/C18H31NO2/c1-19-17(8-3-2-4-9-17)14-16(20)15-7-12-21-18(13-15)10-5-6-11-18/h15,19H,2-14H2,1H3. The van der Waals surface area contributed by atoms with Crippen LogP contribution in [-0.4, -0.2) is 30.6 Å². The van der Waals surface area contributed by atoms with E-state index in [4.69, 9.17) is 4.74 Å². The first-order valence-electron chi connectivity index (χ1n) is 9.03. The van der Waals surface area contributed by atoms with Crippen LogP contribution in [-0.2, 0) is 9.53 Å². The van der Waals surface area contributed by atoms with Gasteiger partial charge in [0, 0.05) is 24.5 Å². The zero-order valence-electron chi connectivity index (χ0n) is 13.6. The van der Waals surface area contributed by atoms with Crippen LogP contribution in [0.2, 0.25) is 0 Å². The molecule has 1 N–H and O–H groups in total. The van der Waals surface area contributed by atoms with E-state index in [1.807, 2.05) is 7.05 Å². The lowest BCUT2D eigenvalue weighted by atomic mass is 9.74. The van der Waals surface area contributed by atoms with Crippen LogP contribution < -0.4 is 5.32 Å². The maximum Gasteiger partial charge on any atom is 0.138 e. The van der Waals surface area contributed by atoms with Gasteiger partial charge in [-0.15, -0.1) is 0 Å². The van der Waals surface area contributed by atoms with E-state index in [9.17, 15) is 4.79 Å². The Morgan fingerprint density at radius 1 is 1.10 bits per heavy atom. The largest absolute Gasteiger partial charge is 0.375 e. The highest BCUT2D eigenvalue weighted by Gasteiger charge is 2.43. The van der Waals surface area contributed by atoms with Gasteiger partial charge in [0.05, 0.1) is 5.60 Å². The molecule has 2 saturated carbocycles. The van der Waals surface area contributed by atoms with Crippen molar-refractivity contribution < 1.29 is 9.53 Å². The summed E-state index contributed by atoms with van der Waals surface area (Å²) in [6.45, 7) is 0.795. The van der Waals surface area contributed by atoms with E-state index in [1.54, 1.807) is 0 Å². The fourth-order valence-electron chi connectivity index (χ4n) is 4.89. The van der Waals surface area contributed by atoms with Crippen LogP contribution in [0.15, 0.2) is 0 Å². The van der Waals surface area contributed by atoms with Gasteiger partial charge in [0.25, 0.3) is 0 Å². The van der Waals surface area contributed by atoms with Crippen molar-refractivity contribution in [2.75, 3.05) is 13.7 Å². The van der Waals surface area contributed by atoms with Gasteiger partial charge < -0.3 is 10.1 Å². The Balaban J connectivity index is 1.61. The van der Waals surface area contributed by atoms with Gasteiger partial charge in [-0.2, -0.15) is 0 Å². The van der Waals surface area contributed by atoms with Crippen LogP contribution in [0.5, 0.6) is 0 Å². The number of carbonyl (C=O) groups is 1. The Morgan fingerprint density at radius 3 is 2.43 bits per heavy atom. The first kappa shape index (κ1) is 15.5. The highest BCUT2D eigenvalue weighted by molar-refractivity contribution is 5.82. The Kier molecular flexibility index (Phi) is 4.70. The van der Waals surface area contributed by atoms with Crippen molar-refractivity contribution in [1.82, 2.24) is 5.32 Å². The smallest absolute Gasteiger partial charge is 0.138 e. The molecule has 0 aromatic rings. The number of rotatable bonds is 4. The lowest BCUT2D eigenvalue weighted by Gasteiger charge is -2.41. The molecule has 3 nitrogen and oxygen atoms in total. The summed E-state index contributed by atoms with van der Waals surface area (Å²) in [6.07, 6.45) is 13.8. The van der Waals surface area contributed by atoms with E-state index in [0.29, 0.717) is 5.78 Å². The summed E-state index contributed by atoms with van der Waals surface area (Å²) in [5.41, 5.74) is 0.161. The van der Waals surface area contributed by atoms with E-state index >= 15 is 0 Å². The Bertz CT molecular complexity index is 367. The van der Waals surface area contributed by atoms with E-state index in [1.165, 1.54) is 57.8 Å². The normalized spacial score (nSPS) is 31.4. The Morgan fingerprint density at radius 2 is 1.76 bits per heavy atom. The predicted molar refractivity (Wildman–Crippen MR) is 84.4 cm³/mol. The van der Waals surface area contributed by atoms with Gasteiger partial charge >= 0.3 is 0 Å². The van der Waals surface area contributed by atoms with Crippen molar-refractivity contribution in [3.8, 4) is 0 Å². The lowest BCUT2D eigenvalue weighted by Crippen LogP contribution is -2.48. The van der Waals surface area contributed by atoms with Crippen LogP contribution in [0.4, 0.5) is 0 Å². The molecule has 1 unspecified atom stereocenters. The molecular formula is C18H31NO2. The molecule has 120 valence electrons. The van der Waals surface area contributed by atoms with Gasteiger partial charge in [-0.25, -0.2) is 0 Å². The molecule has 0 amide bonds. The van der Waals surface area contributed by atoms with Crippen molar-refractivity contribution in [2.45, 2.75) is 88.2 Å². The molecule has 3 heteroatoms. The quantitative estimate of drug-likeness (QED) is 0.860. The number of nitrogens with one attached hydrogen (secondary N) is 1. The molecule has 0 aromatic carbocycles. The number of carbonyl (C=O) groups excluding carboxylic acids is 1. The third-order valence-electron chi connectivity index (χ3n) is 6.32. The van der Waals surface area contributed by atoms with Crippen molar-refractivity contribution in [1.29, 1.82) is 0 Å². The molecule has 1 saturated heterocycles. The van der Waals surface area contributed by atoms with Crippen molar-refractivity contribution in [3.63, 3.8) is 0 Å². The summed E-state index contributed by atoms with van der Waals surface area (Å²) < 4.78 is 6.08. The molecule has 2 aliphatic carbocycles. The first-order chi connectivity index (χ1) is 10.2. The number of ketones is 1. The molecule has 1 atom stereocenters. The molecule has 1 spiro atoms. The Hall–Kier alpha value is -0.410. The van der Waals surface area contributed by atoms with Crippen molar-refractivity contribution >= 4 is 5.78 Å². The molecule has 1 heterocycles. The zero-order chi connectivity index (χ0) is 14.8. The minimum absolute atomic E-state index is 0.0674. The fourth-order valence-corrected chi connectivity index (χ4v) is 4.89. The third-order valence-corrected chi connectivity index (χ3v) is 6.32. The highest BCUT2D eigenvalue weighted by atomic mass is 16.5. The monoisotopic (exact) mass is 293 g/mol. The Labute approximate surface area is 129 Å². The molecule has 0 radical (unpaired) electrons. The third kappa shape index (κ3) is 3.34. The summed E-state index contributed by atoms with van der Waals surface area (Å²) in [5, 5.41) is 3.50. The lowest BCUT2D eigenvalue weighted by molar-refractivity contribution is -0.138. The predicted octanol–water partition coefficient (Wildman–Crippen LogP) is 3.61.